The number of nitrogens with zero attached hydrogens (tertiary/aromatic N) is 2. The van der Waals surface area contributed by atoms with E-state index in [4.69, 9.17) is 0 Å². The Morgan fingerprint density at radius 3 is 2.22 bits per heavy atom. The average molecular weight is 371 g/mol. The van der Waals surface area contributed by atoms with Gasteiger partial charge in [-0.3, -0.25) is 9.59 Å². The number of halogens is 1. The molecule has 0 saturated carbocycles. The minimum absolute atomic E-state index is 0.119. The lowest BCUT2D eigenvalue weighted by Crippen LogP contribution is -2.32. The van der Waals surface area contributed by atoms with Crippen LogP contribution in [0.15, 0.2) is 48.5 Å². The van der Waals surface area contributed by atoms with Crippen molar-refractivity contribution >= 4 is 28.9 Å². The molecule has 0 saturated heterocycles. The highest BCUT2D eigenvalue weighted by Gasteiger charge is 2.14. The van der Waals surface area contributed by atoms with Crippen molar-refractivity contribution in [3.63, 3.8) is 0 Å². The van der Waals surface area contributed by atoms with Crippen LogP contribution in [0.3, 0.4) is 0 Å². The number of benzene rings is 2. The van der Waals surface area contributed by atoms with Gasteiger partial charge in [0.25, 0.3) is 0 Å². The molecule has 0 spiro atoms. The van der Waals surface area contributed by atoms with Gasteiger partial charge in [0.2, 0.25) is 11.8 Å². The molecule has 1 N–H and O–H groups in total. The van der Waals surface area contributed by atoms with E-state index in [0.29, 0.717) is 11.4 Å². The summed E-state index contributed by atoms with van der Waals surface area (Å²) in [5.74, 6) is -0.860. The van der Waals surface area contributed by atoms with Gasteiger partial charge in [-0.15, -0.1) is 0 Å². The van der Waals surface area contributed by atoms with Crippen LogP contribution in [-0.4, -0.2) is 31.4 Å². The molecule has 0 aromatic heterocycles. The predicted octanol–water partition coefficient (Wildman–Crippen LogP) is 4.05. The molecule has 6 heteroatoms. The highest BCUT2D eigenvalue weighted by molar-refractivity contribution is 5.94. The lowest BCUT2D eigenvalue weighted by Gasteiger charge is -2.22. The van der Waals surface area contributed by atoms with Crippen molar-refractivity contribution < 1.29 is 14.0 Å². The molecule has 0 fully saturated rings. The molecule has 0 bridgehead atoms. The van der Waals surface area contributed by atoms with E-state index < -0.39 is 5.82 Å². The fraction of sp³-hybridized carbons (Fsp3) is 0.333. The van der Waals surface area contributed by atoms with E-state index in [0.717, 1.165) is 18.8 Å². The maximum absolute atomic E-state index is 13.4. The molecule has 0 heterocycles. The normalized spacial score (nSPS) is 10.4. The van der Waals surface area contributed by atoms with Gasteiger partial charge in [-0.05, 0) is 56.3 Å². The van der Waals surface area contributed by atoms with Crippen molar-refractivity contribution in [2.24, 2.45) is 0 Å². The summed E-state index contributed by atoms with van der Waals surface area (Å²) in [4.78, 5) is 27.7. The molecule has 0 atom stereocenters. The summed E-state index contributed by atoms with van der Waals surface area (Å²) < 4.78 is 13.4. The number of amides is 2. The fourth-order valence-electron chi connectivity index (χ4n) is 2.89. The molecule has 144 valence electrons. The summed E-state index contributed by atoms with van der Waals surface area (Å²) >= 11 is 0. The molecule has 2 aromatic rings. The second-order valence-corrected chi connectivity index (χ2v) is 6.17. The van der Waals surface area contributed by atoms with E-state index in [-0.39, 0.29) is 24.8 Å². The highest BCUT2D eigenvalue weighted by Crippen LogP contribution is 2.19. The first-order valence-corrected chi connectivity index (χ1v) is 9.13. The Morgan fingerprint density at radius 1 is 1.00 bits per heavy atom. The minimum atomic E-state index is -0.420. The molecule has 2 aromatic carbocycles. The number of hydrogen-bond acceptors (Lipinski definition) is 3. The first kappa shape index (κ1) is 20.4. The van der Waals surface area contributed by atoms with Crippen molar-refractivity contribution in [3.05, 3.63) is 54.3 Å². The lowest BCUT2D eigenvalue weighted by molar-refractivity contribution is -0.117. The first-order valence-electron chi connectivity index (χ1n) is 9.13. The second-order valence-electron chi connectivity index (χ2n) is 6.17. The molecule has 0 aliphatic heterocycles. The molecule has 0 unspecified atom stereocenters. The molecule has 2 rings (SSSR count). The third-order valence-corrected chi connectivity index (χ3v) is 4.34. The van der Waals surface area contributed by atoms with Crippen LogP contribution in [0.4, 0.5) is 21.5 Å². The van der Waals surface area contributed by atoms with Crippen molar-refractivity contribution in [3.8, 4) is 0 Å². The molecule has 0 aliphatic rings. The molecule has 5 nitrogen and oxygen atoms in total. The van der Waals surface area contributed by atoms with Gasteiger partial charge in [0.15, 0.2) is 0 Å². The van der Waals surface area contributed by atoms with Gasteiger partial charge in [0.05, 0.1) is 0 Å². The maximum atomic E-state index is 13.4. The van der Waals surface area contributed by atoms with Crippen molar-refractivity contribution in [2.45, 2.75) is 27.2 Å². The van der Waals surface area contributed by atoms with Gasteiger partial charge in [-0.2, -0.15) is 0 Å². The lowest BCUT2D eigenvalue weighted by atomic mass is 10.2. The van der Waals surface area contributed by atoms with Gasteiger partial charge >= 0.3 is 0 Å². The number of anilines is 3. The van der Waals surface area contributed by atoms with Crippen LogP contribution in [0, 0.1) is 5.82 Å². The van der Waals surface area contributed by atoms with E-state index in [1.165, 1.54) is 30.0 Å². The van der Waals surface area contributed by atoms with Crippen LogP contribution in [0.1, 0.15) is 27.2 Å². The Balaban J connectivity index is 1.95. The van der Waals surface area contributed by atoms with Crippen LogP contribution in [0.5, 0.6) is 0 Å². The zero-order chi connectivity index (χ0) is 19.8. The summed E-state index contributed by atoms with van der Waals surface area (Å²) in [6, 6.07) is 13.4. The van der Waals surface area contributed by atoms with Gasteiger partial charge in [-0.25, -0.2) is 4.39 Å². The zero-order valence-corrected chi connectivity index (χ0v) is 16.0. The molecule has 27 heavy (non-hydrogen) atoms. The van der Waals surface area contributed by atoms with E-state index in [1.807, 2.05) is 24.3 Å². The number of carbonyl (C=O) groups is 2. The summed E-state index contributed by atoms with van der Waals surface area (Å²) in [7, 11) is 0. The summed E-state index contributed by atoms with van der Waals surface area (Å²) in [6.45, 7) is 7.61. The van der Waals surface area contributed by atoms with Crippen LogP contribution in [0.2, 0.25) is 0 Å². The number of carbonyl (C=O) groups excluding carboxylic acids is 2. The van der Waals surface area contributed by atoms with Crippen LogP contribution < -0.4 is 15.1 Å². The SMILES string of the molecule is CCN(CC)c1ccc(NC(=O)CCN(C(C)=O)c2cccc(F)c2)cc1. The monoisotopic (exact) mass is 371 g/mol. The van der Waals surface area contributed by atoms with E-state index >= 15 is 0 Å². The zero-order valence-electron chi connectivity index (χ0n) is 16.0. The summed E-state index contributed by atoms with van der Waals surface area (Å²) in [6.07, 6.45) is 0.119. The smallest absolute Gasteiger partial charge is 0.226 e. The van der Waals surface area contributed by atoms with Gasteiger partial charge in [0, 0.05) is 50.0 Å². The Kier molecular flexibility index (Phi) is 7.34. The molecular weight excluding hydrogens is 345 g/mol. The van der Waals surface area contributed by atoms with Crippen molar-refractivity contribution in [1.29, 1.82) is 0 Å². The summed E-state index contributed by atoms with van der Waals surface area (Å²) in [5.41, 5.74) is 2.25. The molecular formula is C21H26FN3O2. The van der Waals surface area contributed by atoms with Crippen LogP contribution in [-0.2, 0) is 9.59 Å². The second kappa shape index (κ2) is 9.71. The Bertz CT molecular complexity index is 773. The molecule has 2 amide bonds. The Hall–Kier alpha value is -2.89. The maximum Gasteiger partial charge on any atom is 0.226 e. The van der Waals surface area contributed by atoms with Crippen LogP contribution >= 0.6 is 0 Å². The minimum Gasteiger partial charge on any atom is -0.372 e. The van der Waals surface area contributed by atoms with Gasteiger partial charge in [-0.1, -0.05) is 6.07 Å². The Labute approximate surface area is 159 Å². The largest absolute Gasteiger partial charge is 0.372 e. The highest BCUT2D eigenvalue weighted by atomic mass is 19.1. The average Bonchev–Trinajstić information content (AvgIpc) is 2.64. The number of hydrogen-bond donors (Lipinski definition) is 1. The first-order chi connectivity index (χ1) is 12.9. The summed E-state index contributed by atoms with van der Waals surface area (Å²) in [5, 5.41) is 2.83. The predicted molar refractivity (Wildman–Crippen MR) is 108 cm³/mol. The van der Waals surface area contributed by atoms with Crippen molar-refractivity contribution in [1.82, 2.24) is 0 Å². The van der Waals surface area contributed by atoms with Gasteiger partial charge < -0.3 is 15.1 Å². The topological polar surface area (TPSA) is 52.7 Å². The number of rotatable bonds is 8. The Morgan fingerprint density at radius 2 is 1.67 bits per heavy atom. The standard InChI is InChI=1S/C21H26FN3O2/c1-4-24(5-2)19-11-9-18(10-12-19)23-21(27)13-14-25(16(3)26)20-8-6-7-17(22)15-20/h6-12,15H,4-5,13-14H2,1-3H3,(H,23,27). The van der Waals surface area contributed by atoms with Gasteiger partial charge in [0.1, 0.15) is 5.82 Å². The van der Waals surface area contributed by atoms with Crippen molar-refractivity contribution in [2.75, 3.05) is 34.8 Å². The number of nitrogens with one attached hydrogen (secondary N) is 1. The van der Waals surface area contributed by atoms with E-state index in [9.17, 15) is 14.0 Å². The third kappa shape index (κ3) is 5.81. The quantitative estimate of drug-likeness (QED) is 0.761. The fourth-order valence-corrected chi connectivity index (χ4v) is 2.89. The molecule has 0 aliphatic carbocycles. The van der Waals surface area contributed by atoms with Crippen LogP contribution in [0.25, 0.3) is 0 Å². The third-order valence-electron chi connectivity index (χ3n) is 4.34. The molecule has 0 radical (unpaired) electrons. The van der Waals surface area contributed by atoms with E-state index in [2.05, 4.69) is 24.1 Å². The van der Waals surface area contributed by atoms with E-state index in [1.54, 1.807) is 6.07 Å².